The molecular formula is C5H13O4PS. The van der Waals surface area contributed by atoms with E-state index in [1.165, 1.54) is 13.8 Å². The Hall–Kier alpha value is 0.140. The minimum absolute atomic E-state index is 0.581. The molecule has 6 heteroatoms. The molecule has 0 amide bonds. The molecule has 0 aromatic heterocycles. The molecule has 0 aromatic rings. The predicted octanol–water partition coefficient (Wildman–Crippen LogP) is 0.667. The lowest BCUT2D eigenvalue weighted by molar-refractivity contribution is 0.488. The first-order chi connectivity index (χ1) is 4.65. The van der Waals surface area contributed by atoms with E-state index < -0.39 is 27.9 Å². The zero-order valence-electron chi connectivity index (χ0n) is 6.81. The van der Waals surface area contributed by atoms with E-state index in [1.807, 2.05) is 0 Å². The monoisotopic (exact) mass is 200 g/mol. The molecule has 0 saturated carbocycles. The highest BCUT2D eigenvalue weighted by atomic mass is 32.2. The molecule has 0 fully saturated rings. The summed E-state index contributed by atoms with van der Waals surface area (Å²) in [5.74, 6) is 0. The fourth-order valence-electron chi connectivity index (χ4n) is 0.483. The van der Waals surface area contributed by atoms with Crippen molar-refractivity contribution < 1.29 is 17.9 Å². The van der Waals surface area contributed by atoms with Gasteiger partial charge in [-0.25, -0.2) is 8.42 Å². The van der Waals surface area contributed by atoms with Crippen molar-refractivity contribution in [1.29, 1.82) is 0 Å². The fourth-order valence-corrected chi connectivity index (χ4v) is 4.35. The zero-order valence-corrected chi connectivity index (χ0v) is 8.52. The van der Waals surface area contributed by atoms with Crippen molar-refractivity contribution in [3.8, 4) is 0 Å². The smallest absolute Gasteiger partial charge is 0.212 e. The van der Waals surface area contributed by atoms with E-state index >= 15 is 0 Å². The van der Waals surface area contributed by atoms with Gasteiger partial charge in [-0.05, 0) is 13.8 Å². The lowest BCUT2D eigenvalue weighted by Crippen LogP contribution is -2.17. The average Bonchev–Trinajstić information content (AvgIpc) is 1.56. The first-order valence-corrected chi connectivity index (χ1v) is 7.17. The van der Waals surface area contributed by atoms with E-state index in [0.717, 1.165) is 6.66 Å². The van der Waals surface area contributed by atoms with Crippen molar-refractivity contribution in [3.05, 3.63) is 0 Å². The molecule has 0 heterocycles. The molecule has 0 aliphatic carbocycles. The second-order valence-electron chi connectivity index (χ2n) is 2.89. The molecule has 0 saturated heterocycles. The van der Waals surface area contributed by atoms with Gasteiger partial charge in [-0.1, -0.05) is 0 Å². The third kappa shape index (κ3) is 4.56. The summed E-state index contributed by atoms with van der Waals surface area (Å²) in [5.41, 5.74) is -0.613. The highest BCUT2D eigenvalue weighted by Gasteiger charge is 2.24. The number of rotatable bonds is 3. The molecule has 1 atom stereocenters. The summed E-state index contributed by atoms with van der Waals surface area (Å²) in [6.45, 7) is 4.03. The van der Waals surface area contributed by atoms with Gasteiger partial charge in [-0.3, -0.25) is 4.57 Å². The Morgan fingerprint density at radius 2 is 1.82 bits per heavy atom. The topological polar surface area (TPSA) is 71.4 Å². The van der Waals surface area contributed by atoms with Crippen LogP contribution in [0.1, 0.15) is 13.8 Å². The Morgan fingerprint density at radius 3 is 1.91 bits per heavy atom. The van der Waals surface area contributed by atoms with Crippen LogP contribution < -0.4 is 0 Å². The highest BCUT2D eigenvalue weighted by Crippen LogP contribution is 2.37. The molecule has 68 valence electrons. The van der Waals surface area contributed by atoms with Gasteiger partial charge >= 0.3 is 0 Å². The second kappa shape index (κ2) is 3.25. The summed E-state index contributed by atoms with van der Waals surface area (Å²) in [4.78, 5) is 8.78. The summed E-state index contributed by atoms with van der Waals surface area (Å²) in [6.07, 6.45) is 0. The number of sulfone groups is 1. The Labute approximate surface area is 67.0 Å². The molecular weight excluding hydrogens is 187 g/mol. The van der Waals surface area contributed by atoms with Gasteiger partial charge in [0.1, 0.15) is 5.49 Å². The van der Waals surface area contributed by atoms with Crippen molar-refractivity contribution in [2.45, 2.75) is 19.1 Å². The van der Waals surface area contributed by atoms with E-state index in [9.17, 15) is 13.0 Å². The van der Waals surface area contributed by atoms with Gasteiger partial charge < -0.3 is 4.89 Å². The Morgan fingerprint density at radius 1 is 1.45 bits per heavy atom. The zero-order chi connectivity index (χ0) is 9.28. The highest BCUT2D eigenvalue weighted by molar-refractivity contribution is 7.98. The summed E-state index contributed by atoms with van der Waals surface area (Å²) in [7, 11) is -6.80. The van der Waals surface area contributed by atoms with Gasteiger partial charge in [0.25, 0.3) is 0 Å². The van der Waals surface area contributed by atoms with Crippen LogP contribution in [0, 0.1) is 0 Å². The van der Waals surface area contributed by atoms with Crippen LogP contribution in [0.5, 0.6) is 0 Å². The lowest BCUT2D eigenvalue weighted by atomic mass is 10.6. The molecule has 0 bridgehead atoms. The van der Waals surface area contributed by atoms with E-state index in [-0.39, 0.29) is 0 Å². The molecule has 1 unspecified atom stereocenters. The van der Waals surface area contributed by atoms with E-state index in [2.05, 4.69) is 0 Å². The van der Waals surface area contributed by atoms with Crippen LogP contribution in [-0.4, -0.2) is 30.7 Å². The molecule has 0 spiro atoms. The van der Waals surface area contributed by atoms with Crippen LogP contribution >= 0.6 is 7.37 Å². The Bertz CT molecular complexity index is 260. The SMILES string of the molecule is CC(C)S(=O)(=O)CP(C)(=O)O. The van der Waals surface area contributed by atoms with Crippen molar-refractivity contribution in [2.24, 2.45) is 0 Å². The van der Waals surface area contributed by atoms with E-state index in [4.69, 9.17) is 4.89 Å². The van der Waals surface area contributed by atoms with Gasteiger partial charge in [0, 0.05) is 6.66 Å². The molecule has 0 aliphatic rings. The second-order valence-corrected chi connectivity index (χ2v) is 8.29. The van der Waals surface area contributed by atoms with Crippen molar-refractivity contribution >= 4 is 17.2 Å². The first kappa shape index (κ1) is 11.1. The molecule has 0 aliphatic heterocycles. The van der Waals surface area contributed by atoms with Crippen molar-refractivity contribution in [2.75, 3.05) is 12.2 Å². The van der Waals surface area contributed by atoms with Crippen LogP contribution in [0.25, 0.3) is 0 Å². The average molecular weight is 200 g/mol. The molecule has 11 heavy (non-hydrogen) atoms. The minimum atomic E-state index is -3.43. The maximum Gasteiger partial charge on any atom is 0.212 e. The van der Waals surface area contributed by atoms with Gasteiger partial charge in [-0.2, -0.15) is 0 Å². The Kier molecular flexibility index (Phi) is 3.29. The standard InChI is InChI=1S/C5H13O4PS/c1-5(2)11(8,9)4-10(3,6)7/h5H,4H2,1-3H3,(H,6,7). The molecule has 1 N–H and O–H groups in total. The Balaban J connectivity index is 4.54. The van der Waals surface area contributed by atoms with Crippen LogP contribution in [0.2, 0.25) is 0 Å². The summed E-state index contributed by atoms with van der Waals surface area (Å²) < 4.78 is 32.7. The van der Waals surface area contributed by atoms with Crippen molar-refractivity contribution in [3.63, 3.8) is 0 Å². The maximum absolute atomic E-state index is 11.0. The molecule has 0 rings (SSSR count). The van der Waals surface area contributed by atoms with Gasteiger partial charge in [0.2, 0.25) is 7.37 Å². The fraction of sp³-hybridized carbons (Fsp3) is 1.00. The normalized spacial score (nSPS) is 18.3. The minimum Gasteiger partial charge on any atom is -0.344 e. The van der Waals surface area contributed by atoms with E-state index in [1.54, 1.807) is 0 Å². The number of hydrogen-bond donors (Lipinski definition) is 1. The molecule has 0 radical (unpaired) electrons. The van der Waals surface area contributed by atoms with Crippen molar-refractivity contribution in [1.82, 2.24) is 0 Å². The maximum atomic E-state index is 11.0. The van der Waals surface area contributed by atoms with Gasteiger partial charge in [0.15, 0.2) is 9.84 Å². The summed E-state index contributed by atoms with van der Waals surface area (Å²) >= 11 is 0. The van der Waals surface area contributed by atoms with Crippen LogP contribution in [-0.2, 0) is 14.4 Å². The van der Waals surface area contributed by atoms with Crippen LogP contribution in [0.3, 0.4) is 0 Å². The molecule has 4 nitrogen and oxygen atoms in total. The lowest BCUT2D eigenvalue weighted by Gasteiger charge is -2.08. The van der Waals surface area contributed by atoms with Crippen LogP contribution in [0.15, 0.2) is 0 Å². The first-order valence-electron chi connectivity index (χ1n) is 3.16. The third-order valence-corrected chi connectivity index (χ3v) is 5.93. The van der Waals surface area contributed by atoms with Crippen LogP contribution in [0.4, 0.5) is 0 Å². The third-order valence-electron chi connectivity index (χ3n) is 1.14. The summed E-state index contributed by atoms with van der Waals surface area (Å²) in [6, 6.07) is 0. The summed E-state index contributed by atoms with van der Waals surface area (Å²) in [5, 5.41) is -0.581. The largest absolute Gasteiger partial charge is 0.344 e. The number of hydrogen-bond acceptors (Lipinski definition) is 3. The molecule has 0 aromatic carbocycles. The van der Waals surface area contributed by atoms with Gasteiger partial charge in [-0.15, -0.1) is 0 Å². The predicted molar refractivity (Wildman–Crippen MR) is 44.7 cm³/mol. The van der Waals surface area contributed by atoms with Gasteiger partial charge in [0.05, 0.1) is 5.25 Å². The quantitative estimate of drug-likeness (QED) is 0.679. The van der Waals surface area contributed by atoms with E-state index in [0.29, 0.717) is 0 Å².